The van der Waals surface area contributed by atoms with E-state index in [1.54, 1.807) is 18.5 Å². The Hall–Kier alpha value is -3.94. The SMILES string of the molecule is O=c1cc(-c2cc(OCCOCC3CC(NCc4cc(CO)cc(OC(F)(F)F)c4)C3)c3cn[nH]c3c2)cn[nH]1. The molecule has 5 rings (SSSR count). The zero-order chi connectivity index (χ0) is 28.1. The summed E-state index contributed by atoms with van der Waals surface area (Å²) in [5, 5.41) is 26.7. The van der Waals surface area contributed by atoms with E-state index in [2.05, 4.69) is 30.4 Å². The van der Waals surface area contributed by atoms with Crippen molar-refractivity contribution in [2.24, 2.45) is 5.92 Å². The lowest BCUT2D eigenvalue weighted by Crippen LogP contribution is -2.42. The molecular formula is C27H28F3N5O5. The number of fused-ring (bicyclic) bond motifs is 1. The van der Waals surface area contributed by atoms with Crippen molar-refractivity contribution in [3.05, 3.63) is 70.3 Å². The Bertz CT molecular complexity index is 1500. The Morgan fingerprint density at radius 2 is 1.77 bits per heavy atom. The normalized spacial score (nSPS) is 17.1. The maximum atomic E-state index is 12.6. The Morgan fingerprint density at radius 1 is 0.975 bits per heavy atom. The summed E-state index contributed by atoms with van der Waals surface area (Å²) >= 11 is 0. The molecule has 1 saturated carbocycles. The first-order valence-corrected chi connectivity index (χ1v) is 12.7. The summed E-state index contributed by atoms with van der Waals surface area (Å²) in [6.45, 7) is 1.28. The predicted molar refractivity (Wildman–Crippen MR) is 139 cm³/mol. The Morgan fingerprint density at radius 3 is 2.55 bits per heavy atom. The van der Waals surface area contributed by atoms with E-state index in [9.17, 15) is 23.1 Å². The number of aliphatic hydroxyl groups is 1. The van der Waals surface area contributed by atoms with Gasteiger partial charge in [0.15, 0.2) is 0 Å². The molecule has 4 N–H and O–H groups in total. The highest BCUT2D eigenvalue weighted by Crippen LogP contribution is 2.32. The first-order chi connectivity index (χ1) is 19.3. The molecule has 0 saturated heterocycles. The third-order valence-electron chi connectivity index (χ3n) is 6.63. The molecule has 40 heavy (non-hydrogen) atoms. The fraction of sp³-hybridized carbons (Fsp3) is 0.370. The third-order valence-corrected chi connectivity index (χ3v) is 6.63. The van der Waals surface area contributed by atoms with Gasteiger partial charge in [-0.2, -0.15) is 10.2 Å². The summed E-state index contributed by atoms with van der Waals surface area (Å²) < 4.78 is 53.5. The molecular weight excluding hydrogens is 531 g/mol. The molecule has 0 radical (unpaired) electrons. The van der Waals surface area contributed by atoms with Gasteiger partial charge in [0.05, 0.1) is 36.5 Å². The Balaban J connectivity index is 1.04. The van der Waals surface area contributed by atoms with Gasteiger partial charge in [-0.3, -0.25) is 9.89 Å². The molecule has 2 aromatic heterocycles. The van der Waals surface area contributed by atoms with Crippen molar-refractivity contribution in [1.29, 1.82) is 0 Å². The molecule has 2 heterocycles. The molecule has 0 aliphatic heterocycles. The van der Waals surface area contributed by atoms with Gasteiger partial charge >= 0.3 is 6.36 Å². The summed E-state index contributed by atoms with van der Waals surface area (Å²) in [5.74, 6) is 0.649. The molecule has 10 nitrogen and oxygen atoms in total. The first-order valence-electron chi connectivity index (χ1n) is 12.7. The highest BCUT2D eigenvalue weighted by atomic mass is 19.4. The van der Waals surface area contributed by atoms with E-state index in [0.29, 0.717) is 54.7 Å². The zero-order valence-electron chi connectivity index (χ0n) is 21.3. The monoisotopic (exact) mass is 559 g/mol. The quantitative estimate of drug-likeness (QED) is 0.193. The average molecular weight is 560 g/mol. The number of halogens is 3. The van der Waals surface area contributed by atoms with E-state index < -0.39 is 6.36 Å². The number of aromatic nitrogens is 4. The Labute approximate surface area is 226 Å². The topological polar surface area (TPSA) is 134 Å². The minimum Gasteiger partial charge on any atom is -0.490 e. The van der Waals surface area contributed by atoms with Crippen LogP contribution >= 0.6 is 0 Å². The van der Waals surface area contributed by atoms with Crippen molar-refractivity contribution in [2.75, 3.05) is 19.8 Å². The molecule has 1 aliphatic carbocycles. The summed E-state index contributed by atoms with van der Waals surface area (Å²) in [6, 6.07) is 9.55. The van der Waals surface area contributed by atoms with Crippen LogP contribution in [0.15, 0.2) is 53.6 Å². The smallest absolute Gasteiger partial charge is 0.490 e. The maximum Gasteiger partial charge on any atom is 0.573 e. The lowest BCUT2D eigenvalue weighted by atomic mass is 9.81. The van der Waals surface area contributed by atoms with Gasteiger partial charge < -0.3 is 24.6 Å². The number of hydrogen-bond acceptors (Lipinski definition) is 8. The Kier molecular flexibility index (Phi) is 8.33. The lowest BCUT2D eigenvalue weighted by Gasteiger charge is -2.36. The number of nitrogens with one attached hydrogen (secondary N) is 3. The largest absolute Gasteiger partial charge is 0.573 e. The third kappa shape index (κ3) is 7.17. The van der Waals surface area contributed by atoms with Crippen LogP contribution in [0.3, 0.4) is 0 Å². The fourth-order valence-corrected chi connectivity index (χ4v) is 4.71. The van der Waals surface area contributed by atoms with Gasteiger partial charge in [0.2, 0.25) is 0 Å². The number of alkyl halides is 3. The minimum absolute atomic E-state index is 0.228. The van der Waals surface area contributed by atoms with Crippen LogP contribution in [0.25, 0.3) is 22.0 Å². The second-order valence-electron chi connectivity index (χ2n) is 9.67. The summed E-state index contributed by atoms with van der Waals surface area (Å²) in [5.41, 5.74) is 2.86. The van der Waals surface area contributed by atoms with Crippen molar-refractivity contribution in [3.63, 3.8) is 0 Å². The van der Waals surface area contributed by atoms with Gasteiger partial charge in [-0.15, -0.1) is 13.2 Å². The molecule has 0 spiro atoms. The number of ether oxygens (including phenoxy) is 3. The van der Waals surface area contributed by atoms with Gasteiger partial charge in [0, 0.05) is 30.8 Å². The highest BCUT2D eigenvalue weighted by Gasteiger charge is 2.32. The standard InChI is InChI=1S/C27H28F3N5O5/c28-27(29,30)40-22-6-16(3-17(7-22)14-36)11-31-21-4-18(5-21)15-38-1-2-39-25-9-19(8-24-23(25)13-33-34-24)20-10-26(37)35-32-12-20/h3,6-10,12-13,18,21,31,36H,1-2,4-5,11,14-15H2,(H,33,34)(H,35,37). The molecule has 212 valence electrons. The van der Waals surface area contributed by atoms with Gasteiger partial charge in [0.25, 0.3) is 5.56 Å². The summed E-state index contributed by atoms with van der Waals surface area (Å²) in [4.78, 5) is 11.7. The van der Waals surface area contributed by atoms with Crippen LogP contribution in [0.5, 0.6) is 11.5 Å². The van der Waals surface area contributed by atoms with Crippen LogP contribution < -0.4 is 20.3 Å². The van der Waals surface area contributed by atoms with Crippen molar-refractivity contribution < 1.29 is 32.5 Å². The number of aliphatic hydroxyl groups excluding tert-OH is 1. The van der Waals surface area contributed by atoms with E-state index in [4.69, 9.17) is 9.47 Å². The molecule has 2 aromatic carbocycles. The van der Waals surface area contributed by atoms with Crippen molar-refractivity contribution in [3.8, 4) is 22.6 Å². The number of nitrogens with zero attached hydrogens (tertiary/aromatic N) is 2. The predicted octanol–water partition coefficient (Wildman–Crippen LogP) is 3.67. The van der Waals surface area contributed by atoms with E-state index in [0.717, 1.165) is 29.3 Å². The summed E-state index contributed by atoms with van der Waals surface area (Å²) in [6.07, 6.45) is 0.223. The summed E-state index contributed by atoms with van der Waals surface area (Å²) in [7, 11) is 0. The number of benzene rings is 2. The molecule has 4 aromatic rings. The van der Waals surface area contributed by atoms with Crippen molar-refractivity contribution >= 4 is 10.9 Å². The number of aromatic amines is 2. The van der Waals surface area contributed by atoms with Crippen LogP contribution in [0.1, 0.15) is 24.0 Å². The molecule has 1 aliphatic rings. The van der Waals surface area contributed by atoms with E-state index >= 15 is 0 Å². The second-order valence-corrected chi connectivity index (χ2v) is 9.67. The molecule has 1 fully saturated rings. The highest BCUT2D eigenvalue weighted by molar-refractivity contribution is 5.89. The maximum absolute atomic E-state index is 12.6. The molecule has 13 heteroatoms. The number of rotatable bonds is 12. The van der Waals surface area contributed by atoms with Crippen LogP contribution in [0, 0.1) is 5.92 Å². The number of H-pyrrole nitrogens is 2. The molecule has 0 amide bonds. The van der Waals surface area contributed by atoms with Crippen LogP contribution in [0.4, 0.5) is 13.2 Å². The van der Waals surface area contributed by atoms with E-state index in [1.807, 2.05) is 12.1 Å². The minimum atomic E-state index is -4.79. The van der Waals surface area contributed by atoms with Gasteiger partial charge in [0.1, 0.15) is 18.1 Å². The molecule has 0 bridgehead atoms. The number of hydrogen-bond donors (Lipinski definition) is 4. The van der Waals surface area contributed by atoms with Gasteiger partial charge in [-0.1, -0.05) is 6.07 Å². The van der Waals surface area contributed by atoms with Crippen LogP contribution in [0.2, 0.25) is 0 Å². The first kappa shape index (κ1) is 27.6. The second kappa shape index (κ2) is 12.1. The van der Waals surface area contributed by atoms with Crippen LogP contribution in [-0.4, -0.2) is 57.7 Å². The molecule has 0 unspecified atom stereocenters. The van der Waals surface area contributed by atoms with E-state index in [-0.39, 0.29) is 24.0 Å². The fourth-order valence-electron chi connectivity index (χ4n) is 4.71. The lowest BCUT2D eigenvalue weighted by molar-refractivity contribution is -0.274. The zero-order valence-corrected chi connectivity index (χ0v) is 21.3. The van der Waals surface area contributed by atoms with Gasteiger partial charge in [-0.25, -0.2) is 5.10 Å². The molecule has 0 atom stereocenters. The van der Waals surface area contributed by atoms with Gasteiger partial charge in [-0.05, 0) is 59.7 Å². The van der Waals surface area contributed by atoms with Crippen molar-refractivity contribution in [2.45, 2.75) is 38.4 Å². The van der Waals surface area contributed by atoms with E-state index in [1.165, 1.54) is 18.2 Å². The van der Waals surface area contributed by atoms with Crippen LogP contribution in [-0.2, 0) is 17.9 Å². The average Bonchev–Trinajstić information content (AvgIpc) is 3.37. The van der Waals surface area contributed by atoms with Crippen molar-refractivity contribution in [1.82, 2.24) is 25.7 Å².